The van der Waals surface area contributed by atoms with Crippen LogP contribution >= 0.6 is 0 Å². The lowest BCUT2D eigenvalue weighted by molar-refractivity contribution is -0.119. The van der Waals surface area contributed by atoms with Crippen molar-refractivity contribution in [2.24, 2.45) is 5.92 Å². The average molecular weight is 249 g/mol. The highest BCUT2D eigenvalue weighted by Gasteiger charge is 2.24. The number of phenols is 1. The summed E-state index contributed by atoms with van der Waals surface area (Å²) in [5, 5.41) is 20.9. The summed E-state index contributed by atoms with van der Waals surface area (Å²) in [4.78, 5) is 22.9. The number of benzene rings is 1. The van der Waals surface area contributed by atoms with Crippen LogP contribution in [0, 0.1) is 5.92 Å². The molecule has 0 aromatic heterocycles. The second-order valence-corrected chi connectivity index (χ2v) is 4.51. The maximum absolute atomic E-state index is 11.9. The van der Waals surface area contributed by atoms with Crippen molar-refractivity contribution in [1.82, 2.24) is 0 Å². The molecule has 5 heteroatoms. The van der Waals surface area contributed by atoms with Gasteiger partial charge in [0.1, 0.15) is 5.75 Å². The van der Waals surface area contributed by atoms with Crippen LogP contribution in [0.4, 0.5) is 5.69 Å². The number of carbonyl (C=O) groups excluding carboxylic acids is 1. The molecular formula is C13H15NO4. The van der Waals surface area contributed by atoms with Crippen LogP contribution in [0.3, 0.4) is 0 Å². The molecule has 1 aromatic rings. The van der Waals surface area contributed by atoms with E-state index in [-0.39, 0.29) is 28.8 Å². The van der Waals surface area contributed by atoms with Crippen LogP contribution in [0.15, 0.2) is 18.2 Å². The van der Waals surface area contributed by atoms with E-state index in [1.807, 2.05) is 0 Å². The number of nitrogens with one attached hydrogen (secondary N) is 1. The third-order valence-corrected chi connectivity index (χ3v) is 3.22. The van der Waals surface area contributed by atoms with Gasteiger partial charge in [-0.3, -0.25) is 4.79 Å². The van der Waals surface area contributed by atoms with Gasteiger partial charge < -0.3 is 15.5 Å². The largest absolute Gasteiger partial charge is 0.508 e. The Morgan fingerprint density at radius 2 is 1.89 bits per heavy atom. The fraction of sp³-hybridized carbons (Fsp3) is 0.385. The first-order valence-corrected chi connectivity index (χ1v) is 5.95. The van der Waals surface area contributed by atoms with E-state index in [0.717, 1.165) is 31.7 Å². The molecule has 0 aliphatic heterocycles. The monoisotopic (exact) mass is 249 g/mol. The fourth-order valence-corrected chi connectivity index (χ4v) is 2.24. The Morgan fingerprint density at radius 3 is 2.50 bits per heavy atom. The standard InChI is InChI=1S/C13H15NO4/c15-9-5-6-11(10(7-9)13(17)18)14-12(16)8-3-1-2-4-8/h5-8,15H,1-4H2,(H,14,16)(H,17,18). The highest BCUT2D eigenvalue weighted by atomic mass is 16.4. The van der Waals surface area contributed by atoms with Gasteiger partial charge >= 0.3 is 5.97 Å². The van der Waals surface area contributed by atoms with Gasteiger partial charge in [0.2, 0.25) is 5.91 Å². The van der Waals surface area contributed by atoms with Gasteiger partial charge in [-0.25, -0.2) is 4.79 Å². The average Bonchev–Trinajstić information content (AvgIpc) is 2.84. The van der Waals surface area contributed by atoms with Crippen LogP contribution < -0.4 is 5.32 Å². The first-order valence-electron chi connectivity index (χ1n) is 5.95. The van der Waals surface area contributed by atoms with Gasteiger partial charge in [0.15, 0.2) is 0 Å². The summed E-state index contributed by atoms with van der Waals surface area (Å²) in [6.45, 7) is 0. The number of carboxylic acids is 1. The first-order chi connectivity index (χ1) is 8.58. The molecule has 96 valence electrons. The van der Waals surface area contributed by atoms with Crippen LogP contribution in [0.2, 0.25) is 0 Å². The molecule has 1 aliphatic rings. The zero-order chi connectivity index (χ0) is 13.1. The summed E-state index contributed by atoms with van der Waals surface area (Å²) in [5.74, 6) is -1.47. The van der Waals surface area contributed by atoms with E-state index in [1.165, 1.54) is 12.1 Å². The number of hydrogen-bond donors (Lipinski definition) is 3. The summed E-state index contributed by atoms with van der Waals surface area (Å²) in [6, 6.07) is 3.90. The fourth-order valence-electron chi connectivity index (χ4n) is 2.24. The molecule has 0 bridgehead atoms. The minimum Gasteiger partial charge on any atom is -0.508 e. The molecule has 18 heavy (non-hydrogen) atoms. The molecule has 0 unspecified atom stereocenters. The molecular weight excluding hydrogens is 234 g/mol. The molecule has 1 fully saturated rings. The molecule has 0 radical (unpaired) electrons. The first kappa shape index (κ1) is 12.4. The number of amides is 1. The van der Waals surface area contributed by atoms with Crippen LogP contribution in [-0.4, -0.2) is 22.1 Å². The van der Waals surface area contributed by atoms with Gasteiger partial charge in [-0.05, 0) is 31.0 Å². The molecule has 1 aliphatic carbocycles. The van der Waals surface area contributed by atoms with E-state index in [0.29, 0.717) is 0 Å². The van der Waals surface area contributed by atoms with E-state index >= 15 is 0 Å². The third-order valence-electron chi connectivity index (χ3n) is 3.22. The molecule has 3 N–H and O–H groups in total. The number of hydrogen-bond acceptors (Lipinski definition) is 3. The van der Waals surface area contributed by atoms with Crippen molar-refractivity contribution in [1.29, 1.82) is 0 Å². The van der Waals surface area contributed by atoms with Gasteiger partial charge in [-0.2, -0.15) is 0 Å². The summed E-state index contributed by atoms with van der Waals surface area (Å²) in [7, 11) is 0. The lowest BCUT2D eigenvalue weighted by Crippen LogP contribution is -2.21. The van der Waals surface area contributed by atoms with E-state index in [4.69, 9.17) is 5.11 Å². The normalized spacial score (nSPS) is 15.6. The van der Waals surface area contributed by atoms with Gasteiger partial charge in [0.25, 0.3) is 0 Å². The van der Waals surface area contributed by atoms with Gasteiger partial charge in [-0.1, -0.05) is 12.8 Å². The van der Waals surface area contributed by atoms with Crippen LogP contribution in [0.1, 0.15) is 36.0 Å². The van der Waals surface area contributed by atoms with Crippen molar-refractivity contribution in [2.75, 3.05) is 5.32 Å². The molecule has 1 amide bonds. The molecule has 1 aromatic carbocycles. The minimum atomic E-state index is -1.17. The second-order valence-electron chi connectivity index (χ2n) is 4.51. The summed E-state index contributed by atoms with van der Waals surface area (Å²) in [5.41, 5.74) is 0.138. The zero-order valence-electron chi connectivity index (χ0n) is 9.85. The van der Waals surface area contributed by atoms with E-state index < -0.39 is 5.97 Å². The molecule has 1 saturated carbocycles. The number of aromatic hydroxyl groups is 1. The number of anilines is 1. The van der Waals surface area contributed by atoms with Crippen molar-refractivity contribution < 1.29 is 19.8 Å². The predicted octanol–water partition coefficient (Wildman–Crippen LogP) is 2.22. The van der Waals surface area contributed by atoms with E-state index in [9.17, 15) is 14.7 Å². The van der Waals surface area contributed by atoms with Gasteiger partial charge in [-0.15, -0.1) is 0 Å². The summed E-state index contributed by atoms with van der Waals surface area (Å²) < 4.78 is 0. The second kappa shape index (κ2) is 5.08. The minimum absolute atomic E-state index is 0.0274. The Hall–Kier alpha value is -2.04. The van der Waals surface area contributed by atoms with Crippen molar-refractivity contribution >= 4 is 17.6 Å². The van der Waals surface area contributed by atoms with Crippen molar-refractivity contribution in [3.8, 4) is 5.75 Å². The number of phenolic OH excluding ortho intramolecular Hbond substituents is 1. The van der Waals surface area contributed by atoms with Crippen LogP contribution in [-0.2, 0) is 4.79 Å². The SMILES string of the molecule is O=C(O)c1cc(O)ccc1NC(=O)C1CCCC1. The number of carbonyl (C=O) groups is 2. The Balaban J connectivity index is 2.17. The van der Waals surface area contributed by atoms with Crippen molar-refractivity contribution in [3.63, 3.8) is 0 Å². The van der Waals surface area contributed by atoms with Crippen LogP contribution in [0.5, 0.6) is 5.75 Å². The highest BCUT2D eigenvalue weighted by molar-refractivity contribution is 6.01. The Bertz CT molecular complexity index is 478. The van der Waals surface area contributed by atoms with E-state index in [1.54, 1.807) is 0 Å². The Kier molecular flexibility index (Phi) is 3.50. The smallest absolute Gasteiger partial charge is 0.337 e. The predicted molar refractivity (Wildman–Crippen MR) is 65.7 cm³/mol. The summed E-state index contributed by atoms with van der Waals surface area (Å²) >= 11 is 0. The number of aromatic carboxylic acids is 1. The molecule has 2 rings (SSSR count). The van der Waals surface area contributed by atoms with Gasteiger partial charge in [0, 0.05) is 5.92 Å². The molecule has 0 saturated heterocycles. The number of carboxylic acid groups (broad SMARTS) is 1. The van der Waals surface area contributed by atoms with Crippen LogP contribution in [0.25, 0.3) is 0 Å². The zero-order valence-corrected chi connectivity index (χ0v) is 9.85. The quantitative estimate of drug-likeness (QED) is 0.717. The summed E-state index contributed by atoms with van der Waals surface area (Å²) in [6.07, 6.45) is 3.79. The third kappa shape index (κ3) is 2.61. The lowest BCUT2D eigenvalue weighted by Gasteiger charge is -2.12. The van der Waals surface area contributed by atoms with Gasteiger partial charge in [0.05, 0.1) is 11.3 Å². The Morgan fingerprint density at radius 1 is 1.22 bits per heavy atom. The molecule has 0 atom stereocenters. The van der Waals surface area contributed by atoms with Crippen molar-refractivity contribution in [2.45, 2.75) is 25.7 Å². The lowest BCUT2D eigenvalue weighted by atomic mass is 10.1. The highest BCUT2D eigenvalue weighted by Crippen LogP contribution is 2.27. The maximum Gasteiger partial charge on any atom is 0.337 e. The molecule has 0 spiro atoms. The molecule has 0 heterocycles. The van der Waals surface area contributed by atoms with E-state index in [2.05, 4.69) is 5.32 Å². The van der Waals surface area contributed by atoms with Crippen molar-refractivity contribution in [3.05, 3.63) is 23.8 Å². The molecule has 5 nitrogen and oxygen atoms in total. The topological polar surface area (TPSA) is 86.6 Å². The number of rotatable bonds is 3. The Labute approximate surface area is 104 Å². The maximum atomic E-state index is 11.9.